The number of carbonyl (C=O) groups excluding carboxylic acids is 2. The Balaban J connectivity index is 1.37. The average molecular weight is 451 g/mol. The predicted octanol–water partition coefficient (Wildman–Crippen LogP) is 1.29. The molecule has 1 aromatic heterocycles. The van der Waals surface area contributed by atoms with Gasteiger partial charge in [0.2, 0.25) is 0 Å². The van der Waals surface area contributed by atoms with Gasteiger partial charge in [-0.05, 0) is 48.6 Å². The number of aromatic nitrogens is 3. The summed E-state index contributed by atoms with van der Waals surface area (Å²) in [5.74, 6) is 1.03. The summed E-state index contributed by atoms with van der Waals surface area (Å²) in [5, 5.41) is 0. The highest BCUT2D eigenvalue weighted by atomic mass is 16.5. The molecule has 8 rings (SSSR count). The van der Waals surface area contributed by atoms with Crippen molar-refractivity contribution in [1.82, 2.24) is 13.9 Å². The summed E-state index contributed by atoms with van der Waals surface area (Å²) in [7, 11) is 0. The first-order valence-electron chi connectivity index (χ1n) is 11.7. The van der Waals surface area contributed by atoms with E-state index in [2.05, 4.69) is 0 Å². The van der Waals surface area contributed by atoms with E-state index in [0.29, 0.717) is 55.4 Å². The number of esters is 2. The maximum absolute atomic E-state index is 13.6. The molecule has 2 unspecified atom stereocenters. The van der Waals surface area contributed by atoms with Gasteiger partial charge in [0.05, 0.1) is 31.0 Å². The van der Waals surface area contributed by atoms with Gasteiger partial charge in [0, 0.05) is 24.7 Å². The van der Waals surface area contributed by atoms with Gasteiger partial charge in [-0.25, -0.2) is 23.5 Å². The third kappa shape index (κ3) is 1.94. The molecule has 4 aliphatic carbocycles. The quantitative estimate of drug-likeness (QED) is 0.588. The third-order valence-electron chi connectivity index (χ3n) is 9.45. The van der Waals surface area contributed by atoms with Crippen LogP contribution in [0.2, 0.25) is 0 Å². The van der Waals surface area contributed by atoms with E-state index in [9.17, 15) is 19.2 Å². The molecule has 4 fully saturated rings. The Hall–Kier alpha value is -3.10. The minimum atomic E-state index is -0.318. The molecule has 0 radical (unpaired) electrons. The highest BCUT2D eigenvalue weighted by Gasteiger charge is 3.02. The summed E-state index contributed by atoms with van der Waals surface area (Å²) in [6.45, 7) is 3.40. The molecule has 33 heavy (non-hydrogen) atoms. The van der Waals surface area contributed by atoms with Crippen LogP contribution >= 0.6 is 0 Å². The van der Waals surface area contributed by atoms with Crippen molar-refractivity contribution in [2.45, 2.75) is 38.8 Å². The molecule has 3 heterocycles. The van der Waals surface area contributed by atoms with Gasteiger partial charge in [-0.3, -0.25) is 9.59 Å². The van der Waals surface area contributed by atoms with Gasteiger partial charge in [0.25, 0.3) is 0 Å². The lowest BCUT2D eigenvalue weighted by molar-refractivity contribution is -0.144. The smallest absolute Gasteiger partial charge is 0.352 e. The van der Waals surface area contributed by atoms with Crippen molar-refractivity contribution >= 4 is 11.9 Å². The molecule has 9 nitrogen and oxygen atoms in total. The monoisotopic (exact) mass is 451 g/mol. The lowest BCUT2D eigenvalue weighted by Gasteiger charge is -2.48. The Morgan fingerprint density at radius 3 is 1.76 bits per heavy atom. The Morgan fingerprint density at radius 1 is 0.818 bits per heavy atom. The van der Waals surface area contributed by atoms with E-state index in [-0.39, 0.29) is 46.2 Å². The van der Waals surface area contributed by atoms with Crippen LogP contribution in [0.1, 0.15) is 38.8 Å². The summed E-state index contributed by atoms with van der Waals surface area (Å²) < 4.78 is 15.4. The zero-order valence-electron chi connectivity index (χ0n) is 18.5. The zero-order valence-corrected chi connectivity index (χ0v) is 18.5. The van der Waals surface area contributed by atoms with Crippen molar-refractivity contribution in [3.63, 3.8) is 0 Å². The molecule has 9 heteroatoms. The maximum Gasteiger partial charge on any atom is 0.352 e. The van der Waals surface area contributed by atoms with E-state index in [1.165, 1.54) is 18.4 Å². The summed E-state index contributed by atoms with van der Waals surface area (Å²) >= 11 is 0. The van der Waals surface area contributed by atoms with Gasteiger partial charge in [-0.1, -0.05) is 18.2 Å². The Kier molecular flexibility index (Phi) is 3.45. The van der Waals surface area contributed by atoms with Gasteiger partial charge in [0.1, 0.15) is 0 Å². The lowest BCUT2D eigenvalue weighted by atomic mass is 9.68. The highest BCUT2D eigenvalue weighted by molar-refractivity contribution is 5.66. The van der Waals surface area contributed by atoms with Crippen molar-refractivity contribution in [3.05, 3.63) is 51.3 Å². The van der Waals surface area contributed by atoms with Crippen molar-refractivity contribution in [2.75, 3.05) is 13.2 Å². The molecule has 1 aromatic carbocycles. The second-order valence-corrected chi connectivity index (χ2v) is 10.3. The van der Waals surface area contributed by atoms with E-state index in [1.807, 2.05) is 18.2 Å². The van der Waals surface area contributed by atoms with Crippen LogP contribution in [0.25, 0.3) is 5.69 Å². The number of carbonyl (C=O) groups is 2. The highest BCUT2D eigenvalue weighted by Crippen LogP contribution is 3.03. The van der Waals surface area contributed by atoms with Gasteiger partial charge in [-0.15, -0.1) is 0 Å². The number of nitrogens with zero attached hydrogens (tertiary/aromatic N) is 3. The Bertz CT molecular complexity index is 1260. The Morgan fingerprint density at radius 2 is 1.30 bits per heavy atom. The summed E-state index contributed by atoms with van der Waals surface area (Å²) in [5.41, 5.74) is -0.414. The minimum Gasteiger partial charge on any atom is -0.466 e. The van der Waals surface area contributed by atoms with Crippen molar-refractivity contribution < 1.29 is 19.1 Å². The fourth-order valence-corrected chi connectivity index (χ4v) is 8.99. The van der Waals surface area contributed by atoms with Crippen LogP contribution in [0.15, 0.2) is 39.9 Å². The number of benzene rings is 1. The Labute approximate surface area is 188 Å². The molecule has 172 valence electrons. The molecule has 2 bridgehead atoms. The zero-order chi connectivity index (χ0) is 22.9. The second-order valence-electron chi connectivity index (χ2n) is 10.3. The molecule has 0 saturated heterocycles. The van der Waals surface area contributed by atoms with E-state index in [0.717, 1.165) is 0 Å². The molecular weight excluding hydrogens is 426 g/mol. The molecule has 4 saturated carbocycles. The van der Waals surface area contributed by atoms with E-state index in [4.69, 9.17) is 9.47 Å². The van der Waals surface area contributed by atoms with Crippen LogP contribution in [-0.2, 0) is 19.1 Å². The summed E-state index contributed by atoms with van der Waals surface area (Å²) in [4.78, 5) is 50.2. The molecular formula is C24H25N3O6. The van der Waals surface area contributed by atoms with Crippen LogP contribution in [0.5, 0.6) is 0 Å². The number of ether oxygens (including phenoxy) is 2. The summed E-state index contributed by atoms with van der Waals surface area (Å²) in [6.07, 6.45) is 1.32. The van der Waals surface area contributed by atoms with E-state index in [1.54, 1.807) is 21.5 Å². The van der Waals surface area contributed by atoms with Crippen molar-refractivity contribution in [3.8, 4) is 5.69 Å². The number of hydrogen-bond acceptors (Lipinski definition) is 6. The standard InChI is InChI=1S/C24H25N3O6/c1-12(28)32-10-8-23-18-15-16-17(15)20(24(18,23)9-11-33-13(2)29)27-22(31)25(14-6-4-3-5-7-14)21(30)26(27)19(16)23/h3-7,15-20H,8-11H2,1-2H3/t15?,16-,17+,18?,19-,20-,23-,24-/m0/s1. The normalized spacial score (nSPS) is 39.2. The van der Waals surface area contributed by atoms with Crippen LogP contribution in [0, 0.1) is 34.5 Å². The fourth-order valence-electron chi connectivity index (χ4n) is 8.99. The van der Waals surface area contributed by atoms with Crippen molar-refractivity contribution in [2.24, 2.45) is 34.5 Å². The first-order valence-corrected chi connectivity index (χ1v) is 11.7. The molecule has 0 amide bonds. The number of rotatable bonds is 7. The van der Waals surface area contributed by atoms with Crippen molar-refractivity contribution in [1.29, 1.82) is 0 Å². The minimum absolute atomic E-state index is 0.0828. The number of para-hydroxylation sites is 1. The van der Waals surface area contributed by atoms with Crippen LogP contribution in [0.3, 0.4) is 0 Å². The second kappa shape index (κ2) is 5.87. The van der Waals surface area contributed by atoms with Gasteiger partial charge >= 0.3 is 23.3 Å². The molecule has 6 aliphatic rings. The lowest BCUT2D eigenvalue weighted by Crippen LogP contribution is -2.53. The van der Waals surface area contributed by atoms with Crippen LogP contribution in [0.4, 0.5) is 0 Å². The maximum atomic E-state index is 13.6. The van der Waals surface area contributed by atoms with Gasteiger partial charge < -0.3 is 9.47 Å². The molecule has 0 spiro atoms. The summed E-state index contributed by atoms with van der Waals surface area (Å²) in [6, 6.07) is 8.87. The van der Waals surface area contributed by atoms with E-state index >= 15 is 0 Å². The third-order valence-corrected chi connectivity index (χ3v) is 9.45. The average Bonchev–Trinajstić information content (AvgIpc) is 3.51. The predicted molar refractivity (Wildman–Crippen MR) is 114 cm³/mol. The van der Waals surface area contributed by atoms with Gasteiger partial charge in [0.15, 0.2) is 0 Å². The molecule has 0 N–H and O–H groups in total. The van der Waals surface area contributed by atoms with Crippen LogP contribution < -0.4 is 11.4 Å². The molecule has 2 aliphatic heterocycles. The topological polar surface area (TPSA) is 102 Å². The largest absolute Gasteiger partial charge is 0.466 e. The van der Waals surface area contributed by atoms with Gasteiger partial charge in [-0.2, -0.15) is 0 Å². The molecule has 2 aromatic rings. The fraction of sp³-hybridized carbons (Fsp3) is 0.583. The molecule has 8 atom stereocenters. The first-order chi connectivity index (χ1) is 15.9. The van der Waals surface area contributed by atoms with Crippen LogP contribution in [-0.4, -0.2) is 39.1 Å². The SMILES string of the molecule is CC(=O)OCC[C@]12C3C4[C@@H]5[C@H]4[C@H](n4c(=O)n(-c6ccccc6)c(=O)n4[C@@H]51)[C@]32CCOC(C)=O. The first kappa shape index (κ1) is 19.4. The number of hydrogen-bond donors (Lipinski definition) is 0. The van der Waals surface area contributed by atoms with E-state index < -0.39 is 0 Å².